The first-order valence-corrected chi connectivity index (χ1v) is 9.91. The van der Waals surface area contributed by atoms with E-state index in [9.17, 15) is 4.79 Å². The largest absolute Gasteiger partial charge is 0.454 e. The number of carbonyl (C=O) groups is 1. The zero-order valence-electron chi connectivity index (χ0n) is 16.8. The number of rotatable bonds is 4. The molecule has 1 amide bonds. The lowest BCUT2D eigenvalue weighted by Crippen LogP contribution is -2.49. The average Bonchev–Trinajstić information content (AvgIpc) is 2.96. The zero-order chi connectivity index (χ0) is 19.2. The summed E-state index contributed by atoms with van der Waals surface area (Å²) in [6.45, 7) is 13.3. The smallest absolute Gasteiger partial charge is 0.231 e. The van der Waals surface area contributed by atoms with Crippen LogP contribution in [0.1, 0.15) is 33.3 Å². The molecule has 1 aromatic rings. The van der Waals surface area contributed by atoms with Gasteiger partial charge in [-0.2, -0.15) is 0 Å². The number of piperazine rings is 1. The van der Waals surface area contributed by atoms with E-state index in [2.05, 4.69) is 55.7 Å². The van der Waals surface area contributed by atoms with Crippen LogP contribution in [0.5, 0.6) is 11.5 Å². The topological polar surface area (TPSA) is 42.0 Å². The Morgan fingerprint density at radius 1 is 1.15 bits per heavy atom. The Balaban J connectivity index is 1.31. The summed E-state index contributed by atoms with van der Waals surface area (Å²) in [5, 5.41) is 0. The molecule has 0 spiro atoms. The molecule has 1 aliphatic carbocycles. The number of allylic oxidation sites excluding steroid dienone is 2. The van der Waals surface area contributed by atoms with Gasteiger partial charge in [0.05, 0.1) is 5.92 Å². The summed E-state index contributed by atoms with van der Waals surface area (Å²) in [5.41, 5.74) is 2.63. The van der Waals surface area contributed by atoms with Crippen molar-refractivity contribution in [2.45, 2.75) is 34.2 Å². The fourth-order valence-electron chi connectivity index (χ4n) is 4.44. The lowest BCUT2D eigenvalue weighted by molar-refractivity contribution is -0.135. The van der Waals surface area contributed by atoms with Gasteiger partial charge in [-0.25, -0.2) is 0 Å². The Morgan fingerprint density at radius 3 is 2.56 bits per heavy atom. The minimum Gasteiger partial charge on any atom is -0.454 e. The number of benzene rings is 1. The van der Waals surface area contributed by atoms with Crippen molar-refractivity contribution in [1.29, 1.82) is 0 Å². The second kappa shape index (κ2) is 6.86. The van der Waals surface area contributed by atoms with E-state index in [-0.39, 0.29) is 11.3 Å². The molecule has 146 valence electrons. The Labute approximate surface area is 161 Å². The first kappa shape index (κ1) is 18.4. The maximum Gasteiger partial charge on any atom is 0.231 e. The van der Waals surface area contributed by atoms with Gasteiger partial charge in [-0.05, 0) is 42.9 Å². The predicted molar refractivity (Wildman–Crippen MR) is 105 cm³/mol. The van der Waals surface area contributed by atoms with Crippen molar-refractivity contribution in [1.82, 2.24) is 9.80 Å². The molecule has 0 N–H and O–H groups in total. The molecule has 27 heavy (non-hydrogen) atoms. The molecular formula is C22H30N2O3. The van der Waals surface area contributed by atoms with Gasteiger partial charge >= 0.3 is 0 Å². The van der Waals surface area contributed by atoms with E-state index in [1.165, 1.54) is 11.1 Å². The third kappa shape index (κ3) is 3.57. The summed E-state index contributed by atoms with van der Waals surface area (Å²) in [5.74, 6) is 2.54. The summed E-state index contributed by atoms with van der Waals surface area (Å²) >= 11 is 0. The van der Waals surface area contributed by atoms with Crippen LogP contribution in [0.3, 0.4) is 0 Å². The van der Waals surface area contributed by atoms with Crippen molar-refractivity contribution in [2.75, 3.05) is 33.0 Å². The number of amides is 1. The molecule has 2 aliphatic heterocycles. The van der Waals surface area contributed by atoms with Crippen molar-refractivity contribution in [3.05, 3.63) is 35.4 Å². The van der Waals surface area contributed by atoms with Gasteiger partial charge < -0.3 is 14.4 Å². The van der Waals surface area contributed by atoms with Crippen LogP contribution in [0.2, 0.25) is 0 Å². The Hall–Kier alpha value is -2.01. The van der Waals surface area contributed by atoms with Gasteiger partial charge in [0, 0.05) is 32.7 Å². The third-order valence-corrected chi connectivity index (χ3v) is 6.22. The maximum atomic E-state index is 13.0. The van der Waals surface area contributed by atoms with Gasteiger partial charge in [0.15, 0.2) is 11.5 Å². The standard InChI is InChI=1S/C22H30N2O3/c1-15(2)11-17-20(22(17,3)4)21(25)24-9-7-23(8-10-24)13-16-5-6-18-19(12-16)27-14-26-18/h5-6,11-12,17,20H,7-10,13-14H2,1-4H3/t17-,20-/m1/s1. The molecule has 2 atom stereocenters. The van der Waals surface area contributed by atoms with Crippen LogP contribution in [0.4, 0.5) is 0 Å². The minimum atomic E-state index is 0.0952. The molecule has 0 unspecified atom stereocenters. The predicted octanol–water partition coefficient (Wildman–Crippen LogP) is 3.30. The normalized spacial score (nSPS) is 26.0. The summed E-state index contributed by atoms with van der Waals surface area (Å²) in [6, 6.07) is 6.15. The number of hydrogen-bond donors (Lipinski definition) is 0. The number of carbonyl (C=O) groups excluding carboxylic acids is 1. The van der Waals surface area contributed by atoms with Crippen LogP contribution >= 0.6 is 0 Å². The Kier molecular flexibility index (Phi) is 4.66. The van der Waals surface area contributed by atoms with Crippen molar-refractivity contribution in [2.24, 2.45) is 17.3 Å². The molecule has 5 heteroatoms. The van der Waals surface area contributed by atoms with Crippen molar-refractivity contribution in [3.8, 4) is 11.5 Å². The number of hydrogen-bond acceptors (Lipinski definition) is 4. The molecule has 1 aromatic carbocycles. The highest BCUT2D eigenvalue weighted by Gasteiger charge is 2.61. The van der Waals surface area contributed by atoms with Crippen LogP contribution in [0.25, 0.3) is 0 Å². The van der Waals surface area contributed by atoms with Crippen molar-refractivity contribution in [3.63, 3.8) is 0 Å². The Morgan fingerprint density at radius 2 is 1.85 bits per heavy atom. The molecule has 1 saturated carbocycles. The first-order chi connectivity index (χ1) is 12.9. The van der Waals surface area contributed by atoms with E-state index in [0.29, 0.717) is 18.6 Å². The molecule has 0 bridgehead atoms. The molecule has 3 aliphatic rings. The van der Waals surface area contributed by atoms with Gasteiger partial charge in [-0.15, -0.1) is 0 Å². The van der Waals surface area contributed by atoms with E-state index in [4.69, 9.17) is 9.47 Å². The lowest BCUT2D eigenvalue weighted by atomic mass is 10.1. The van der Waals surface area contributed by atoms with Gasteiger partial charge in [0.2, 0.25) is 12.7 Å². The van der Waals surface area contributed by atoms with Crippen LogP contribution in [0.15, 0.2) is 29.8 Å². The lowest BCUT2D eigenvalue weighted by Gasteiger charge is -2.35. The summed E-state index contributed by atoms with van der Waals surface area (Å²) in [6.07, 6.45) is 2.28. The second-order valence-corrected chi connectivity index (χ2v) is 8.86. The Bertz CT molecular complexity index is 759. The summed E-state index contributed by atoms with van der Waals surface area (Å²) < 4.78 is 10.8. The summed E-state index contributed by atoms with van der Waals surface area (Å²) in [4.78, 5) is 17.5. The monoisotopic (exact) mass is 370 g/mol. The third-order valence-electron chi connectivity index (χ3n) is 6.22. The first-order valence-electron chi connectivity index (χ1n) is 9.91. The van der Waals surface area contributed by atoms with Gasteiger partial charge in [0.1, 0.15) is 0 Å². The van der Waals surface area contributed by atoms with E-state index in [0.717, 1.165) is 44.2 Å². The van der Waals surface area contributed by atoms with Crippen molar-refractivity contribution >= 4 is 5.91 Å². The fourth-order valence-corrected chi connectivity index (χ4v) is 4.44. The second-order valence-electron chi connectivity index (χ2n) is 8.86. The molecular weight excluding hydrogens is 340 g/mol. The van der Waals surface area contributed by atoms with Gasteiger partial charge in [-0.1, -0.05) is 31.6 Å². The molecule has 5 nitrogen and oxygen atoms in total. The van der Waals surface area contributed by atoms with Gasteiger partial charge in [0.25, 0.3) is 0 Å². The highest BCUT2D eigenvalue weighted by atomic mass is 16.7. The average molecular weight is 370 g/mol. The van der Waals surface area contributed by atoms with Crippen LogP contribution in [-0.2, 0) is 11.3 Å². The maximum absolute atomic E-state index is 13.0. The van der Waals surface area contributed by atoms with Crippen molar-refractivity contribution < 1.29 is 14.3 Å². The van der Waals surface area contributed by atoms with Gasteiger partial charge in [-0.3, -0.25) is 9.69 Å². The number of fused-ring (bicyclic) bond motifs is 1. The fraction of sp³-hybridized carbons (Fsp3) is 0.591. The molecule has 2 fully saturated rings. The van der Waals surface area contributed by atoms with Crippen LogP contribution in [-0.4, -0.2) is 48.7 Å². The molecule has 2 heterocycles. The molecule has 0 aromatic heterocycles. The summed E-state index contributed by atoms with van der Waals surface area (Å²) in [7, 11) is 0. The molecule has 0 radical (unpaired) electrons. The number of ether oxygens (including phenoxy) is 2. The molecule has 1 saturated heterocycles. The van der Waals surface area contributed by atoms with E-state index < -0.39 is 0 Å². The zero-order valence-corrected chi connectivity index (χ0v) is 16.8. The minimum absolute atomic E-state index is 0.0952. The van der Waals surface area contributed by atoms with E-state index in [1.54, 1.807) is 0 Å². The van der Waals surface area contributed by atoms with Crippen LogP contribution in [0, 0.1) is 17.3 Å². The molecule has 4 rings (SSSR count). The van der Waals surface area contributed by atoms with Crippen LogP contribution < -0.4 is 9.47 Å². The highest BCUT2D eigenvalue weighted by molar-refractivity contribution is 5.84. The highest BCUT2D eigenvalue weighted by Crippen LogP contribution is 2.60. The quantitative estimate of drug-likeness (QED) is 0.763. The van der Waals surface area contributed by atoms with E-state index in [1.807, 2.05) is 6.07 Å². The number of nitrogens with zero attached hydrogens (tertiary/aromatic N) is 2. The van der Waals surface area contributed by atoms with E-state index >= 15 is 0 Å². The SMILES string of the molecule is CC(C)=C[C@@H]1[C@H](C(=O)N2CCN(Cc3ccc4c(c3)OCO4)CC2)C1(C)C.